The third-order valence-electron chi connectivity index (χ3n) is 2.41. The highest BCUT2D eigenvalue weighted by Gasteiger charge is 2.40. The van der Waals surface area contributed by atoms with Gasteiger partial charge in [0.05, 0.1) is 12.8 Å². The molecule has 0 amide bonds. The molecule has 1 atom stereocenters. The minimum atomic E-state index is -3.97. The van der Waals surface area contributed by atoms with Crippen LogP contribution in [0, 0.1) is 0 Å². The molecule has 1 heterocycles. The first kappa shape index (κ1) is 14.0. The molecule has 0 saturated carbocycles. The van der Waals surface area contributed by atoms with Gasteiger partial charge in [0.1, 0.15) is 5.76 Å². The highest BCUT2D eigenvalue weighted by Crippen LogP contribution is 2.21. The van der Waals surface area contributed by atoms with Gasteiger partial charge in [-0.15, -0.1) is 0 Å². The molecule has 0 aliphatic rings. The predicted octanol–water partition coefficient (Wildman–Crippen LogP) is 3.09. The second kappa shape index (κ2) is 6.05. The van der Waals surface area contributed by atoms with E-state index in [4.69, 9.17) is 4.42 Å². The van der Waals surface area contributed by atoms with Crippen LogP contribution in [0.5, 0.6) is 0 Å². The first-order valence-electron chi connectivity index (χ1n) is 5.33. The van der Waals surface area contributed by atoms with E-state index in [2.05, 4.69) is 5.32 Å². The Morgan fingerprint density at radius 1 is 1.41 bits per heavy atom. The van der Waals surface area contributed by atoms with Gasteiger partial charge in [0.25, 0.3) is 0 Å². The van der Waals surface area contributed by atoms with Crippen LogP contribution < -0.4 is 5.32 Å². The van der Waals surface area contributed by atoms with E-state index in [0.717, 1.165) is 5.76 Å². The molecule has 6 heteroatoms. The van der Waals surface area contributed by atoms with E-state index >= 15 is 0 Å². The van der Waals surface area contributed by atoms with Crippen LogP contribution in [0.15, 0.2) is 22.8 Å². The van der Waals surface area contributed by atoms with Crippen LogP contribution in [0.25, 0.3) is 0 Å². The minimum absolute atomic E-state index is 0.273. The van der Waals surface area contributed by atoms with Crippen LogP contribution >= 0.6 is 0 Å². The number of hydrogen-bond acceptors (Lipinski definition) is 2. The number of aryl methyl sites for hydroxylation is 1. The van der Waals surface area contributed by atoms with E-state index in [0.29, 0.717) is 12.8 Å². The van der Waals surface area contributed by atoms with Crippen LogP contribution in [0.2, 0.25) is 0 Å². The van der Waals surface area contributed by atoms with Crippen LogP contribution in [-0.4, -0.2) is 24.9 Å². The lowest BCUT2D eigenvalue weighted by Crippen LogP contribution is -2.42. The molecule has 1 N–H and O–H groups in total. The lowest BCUT2D eigenvalue weighted by Gasteiger charge is -2.19. The average molecular weight is 253 g/mol. The van der Waals surface area contributed by atoms with Gasteiger partial charge in [0, 0.05) is 12.5 Å². The summed E-state index contributed by atoms with van der Waals surface area (Å²) in [7, 11) is 0. The average Bonchev–Trinajstić information content (AvgIpc) is 2.76. The summed E-state index contributed by atoms with van der Waals surface area (Å²) >= 11 is 0. The zero-order valence-corrected chi connectivity index (χ0v) is 9.43. The molecule has 0 saturated heterocycles. The monoisotopic (exact) mass is 253 g/mol. The van der Waals surface area contributed by atoms with Crippen LogP contribution in [0.3, 0.4) is 0 Å². The molecule has 0 bridgehead atoms. The van der Waals surface area contributed by atoms with Gasteiger partial charge in [-0.05, 0) is 25.5 Å². The van der Waals surface area contributed by atoms with Crippen molar-refractivity contribution in [2.24, 2.45) is 0 Å². The van der Waals surface area contributed by atoms with Gasteiger partial charge in [-0.3, -0.25) is 0 Å². The molecule has 17 heavy (non-hydrogen) atoms. The van der Waals surface area contributed by atoms with Crippen LogP contribution in [0.4, 0.5) is 17.6 Å². The number of hydrogen-bond donors (Lipinski definition) is 1. The zero-order valence-electron chi connectivity index (χ0n) is 9.43. The summed E-state index contributed by atoms with van der Waals surface area (Å²) in [6.07, 6.45) is -0.973. The second-order valence-electron chi connectivity index (χ2n) is 3.96. The number of halogens is 4. The lowest BCUT2D eigenvalue weighted by molar-refractivity contribution is -0.126. The largest absolute Gasteiger partial charge is 0.469 e. The Morgan fingerprint density at radius 3 is 2.65 bits per heavy atom. The standard InChI is InChI=1S/C11H15F4NO/c1-8(4-5-9-3-2-6-17-9)16-7-11(14,15)10(12)13/h2-3,6,8,10,16H,4-5,7H2,1H3. The van der Waals surface area contributed by atoms with E-state index in [1.165, 1.54) is 6.26 Å². The van der Waals surface area contributed by atoms with E-state index < -0.39 is 18.9 Å². The van der Waals surface area contributed by atoms with Crippen molar-refractivity contribution in [2.45, 2.75) is 38.2 Å². The molecule has 0 aliphatic heterocycles. The molecular weight excluding hydrogens is 238 g/mol. The summed E-state index contributed by atoms with van der Waals surface area (Å²) in [6.45, 7) is 0.661. The quantitative estimate of drug-likeness (QED) is 0.755. The summed E-state index contributed by atoms with van der Waals surface area (Å²) in [6, 6.07) is 3.24. The molecule has 0 aliphatic carbocycles. The van der Waals surface area contributed by atoms with Crippen molar-refractivity contribution in [3.8, 4) is 0 Å². The SMILES string of the molecule is CC(CCc1ccco1)NCC(F)(F)C(F)F. The first-order valence-corrected chi connectivity index (χ1v) is 5.33. The predicted molar refractivity (Wildman–Crippen MR) is 55.4 cm³/mol. The minimum Gasteiger partial charge on any atom is -0.469 e. The smallest absolute Gasteiger partial charge is 0.319 e. The lowest BCUT2D eigenvalue weighted by atomic mass is 10.1. The van der Waals surface area contributed by atoms with Crippen molar-refractivity contribution in [1.82, 2.24) is 5.32 Å². The molecular formula is C11H15F4NO. The fraction of sp³-hybridized carbons (Fsp3) is 0.636. The molecule has 1 rings (SSSR count). The van der Waals surface area contributed by atoms with Crippen molar-refractivity contribution in [1.29, 1.82) is 0 Å². The Bertz CT molecular complexity index is 313. The molecule has 0 radical (unpaired) electrons. The van der Waals surface area contributed by atoms with Gasteiger partial charge in [-0.25, -0.2) is 8.78 Å². The van der Waals surface area contributed by atoms with E-state index in [1.54, 1.807) is 19.1 Å². The first-order chi connectivity index (χ1) is 7.92. The van der Waals surface area contributed by atoms with Gasteiger partial charge >= 0.3 is 12.3 Å². The molecule has 98 valence electrons. The molecule has 0 spiro atoms. The summed E-state index contributed by atoms with van der Waals surface area (Å²) in [5.41, 5.74) is 0. The van der Waals surface area contributed by atoms with Crippen molar-refractivity contribution in [3.63, 3.8) is 0 Å². The Morgan fingerprint density at radius 2 is 2.12 bits per heavy atom. The van der Waals surface area contributed by atoms with Gasteiger partial charge < -0.3 is 9.73 Å². The van der Waals surface area contributed by atoms with Gasteiger partial charge in [-0.1, -0.05) is 0 Å². The number of rotatable bonds is 7. The Kier molecular flexibility index (Phi) is 4.99. The van der Waals surface area contributed by atoms with E-state index in [-0.39, 0.29) is 6.04 Å². The molecule has 1 unspecified atom stereocenters. The van der Waals surface area contributed by atoms with Crippen molar-refractivity contribution in [2.75, 3.05) is 6.54 Å². The summed E-state index contributed by atoms with van der Waals surface area (Å²) in [4.78, 5) is 0. The number of furan rings is 1. The maximum absolute atomic E-state index is 12.6. The zero-order chi connectivity index (χ0) is 12.9. The summed E-state index contributed by atoms with van der Waals surface area (Å²) in [5.74, 6) is -3.22. The van der Waals surface area contributed by atoms with E-state index in [1.807, 2.05) is 0 Å². The fourth-order valence-electron chi connectivity index (χ4n) is 1.30. The highest BCUT2D eigenvalue weighted by molar-refractivity contribution is 4.98. The molecule has 1 aromatic rings. The highest BCUT2D eigenvalue weighted by atomic mass is 19.3. The van der Waals surface area contributed by atoms with E-state index in [9.17, 15) is 17.6 Å². The molecule has 1 aromatic heterocycles. The Balaban J connectivity index is 2.23. The summed E-state index contributed by atoms with van der Waals surface area (Å²) in [5, 5.41) is 2.39. The normalized spacial score (nSPS) is 14.2. The Labute approximate surface area is 97.0 Å². The van der Waals surface area contributed by atoms with Crippen molar-refractivity contribution >= 4 is 0 Å². The van der Waals surface area contributed by atoms with Gasteiger partial charge in [-0.2, -0.15) is 8.78 Å². The maximum atomic E-state index is 12.6. The molecule has 0 fully saturated rings. The topological polar surface area (TPSA) is 25.2 Å². The van der Waals surface area contributed by atoms with Crippen LogP contribution in [-0.2, 0) is 6.42 Å². The number of alkyl halides is 4. The third kappa shape index (κ3) is 4.77. The van der Waals surface area contributed by atoms with Crippen LogP contribution in [0.1, 0.15) is 19.1 Å². The molecule has 0 aromatic carbocycles. The fourth-order valence-corrected chi connectivity index (χ4v) is 1.30. The van der Waals surface area contributed by atoms with Gasteiger partial charge in [0.2, 0.25) is 0 Å². The maximum Gasteiger partial charge on any atom is 0.319 e. The second-order valence-corrected chi connectivity index (χ2v) is 3.96. The number of nitrogens with one attached hydrogen (secondary N) is 1. The third-order valence-corrected chi connectivity index (χ3v) is 2.41. The summed E-state index contributed by atoms with van der Waals surface area (Å²) < 4.78 is 54.0. The van der Waals surface area contributed by atoms with Crippen molar-refractivity contribution in [3.05, 3.63) is 24.2 Å². The van der Waals surface area contributed by atoms with Crippen molar-refractivity contribution < 1.29 is 22.0 Å². The molecule has 2 nitrogen and oxygen atoms in total. The Hall–Kier alpha value is -1.04. The van der Waals surface area contributed by atoms with Gasteiger partial charge in [0.15, 0.2) is 0 Å².